The van der Waals surface area contributed by atoms with Gasteiger partial charge in [-0.2, -0.15) is 0 Å². The van der Waals surface area contributed by atoms with E-state index in [-0.39, 0.29) is 43.4 Å². The smallest absolute Gasteiger partial charge is 0.340 e. The van der Waals surface area contributed by atoms with Gasteiger partial charge < -0.3 is 9.47 Å². The highest BCUT2D eigenvalue weighted by molar-refractivity contribution is 6.03. The van der Waals surface area contributed by atoms with Gasteiger partial charge in [-0.15, -0.1) is 6.58 Å². The van der Waals surface area contributed by atoms with Gasteiger partial charge in [0.15, 0.2) is 0 Å². The van der Waals surface area contributed by atoms with Gasteiger partial charge in [0.05, 0.1) is 24.5 Å². The number of ether oxygens (including phenoxy) is 2. The molecular formula is C18H24N2O5. The van der Waals surface area contributed by atoms with Crippen molar-refractivity contribution >= 4 is 23.5 Å². The van der Waals surface area contributed by atoms with Crippen LogP contribution in [0.1, 0.15) is 30.6 Å². The van der Waals surface area contributed by atoms with Crippen molar-refractivity contribution in [3.63, 3.8) is 0 Å². The molecule has 25 heavy (non-hydrogen) atoms. The molecule has 7 nitrogen and oxygen atoms in total. The molecule has 0 bridgehead atoms. The number of hydrogen-bond donors (Lipinski definition) is 0. The first-order chi connectivity index (χ1) is 12.0. The molecule has 0 unspecified atom stereocenters. The molecule has 1 aromatic carbocycles. The molecule has 136 valence electrons. The zero-order valence-electron chi connectivity index (χ0n) is 14.9. The lowest BCUT2D eigenvalue weighted by Crippen LogP contribution is -2.49. The SMILES string of the molecule is C=CCOCC(=O)N(C)N(C(=O)CC)c1ccccc1C(=O)OCC. The van der Waals surface area contributed by atoms with Crippen LogP contribution >= 0.6 is 0 Å². The standard InChI is InChI=1S/C18H24N2O5/c1-5-12-24-13-17(22)19(4)20(16(21)6-2)15-11-9-8-10-14(15)18(23)25-7-3/h5,8-11H,1,6-7,12-13H2,2-4H3. The second kappa shape index (κ2) is 10.2. The fraction of sp³-hybridized carbons (Fsp3) is 0.389. The second-order valence-electron chi connectivity index (χ2n) is 5.02. The van der Waals surface area contributed by atoms with Crippen molar-refractivity contribution < 1.29 is 23.9 Å². The zero-order valence-corrected chi connectivity index (χ0v) is 14.9. The van der Waals surface area contributed by atoms with Crippen LogP contribution in [0.15, 0.2) is 36.9 Å². The van der Waals surface area contributed by atoms with E-state index in [0.717, 1.165) is 5.01 Å². The molecule has 0 aliphatic rings. The number of hydrazine groups is 1. The predicted octanol–water partition coefficient (Wildman–Crippen LogP) is 2.18. The third kappa shape index (κ3) is 5.42. The number of anilines is 1. The molecule has 0 radical (unpaired) electrons. The molecule has 1 aromatic rings. The number of esters is 1. The van der Waals surface area contributed by atoms with E-state index in [2.05, 4.69) is 6.58 Å². The summed E-state index contributed by atoms with van der Waals surface area (Å²) in [4.78, 5) is 36.9. The van der Waals surface area contributed by atoms with Gasteiger partial charge in [-0.1, -0.05) is 25.1 Å². The predicted molar refractivity (Wildman–Crippen MR) is 94.0 cm³/mol. The van der Waals surface area contributed by atoms with Crippen LogP contribution < -0.4 is 5.01 Å². The molecule has 0 saturated carbocycles. The molecule has 7 heteroatoms. The molecule has 1 rings (SSSR count). The summed E-state index contributed by atoms with van der Waals surface area (Å²) in [6.45, 7) is 7.10. The lowest BCUT2D eigenvalue weighted by molar-refractivity contribution is -0.138. The highest BCUT2D eigenvalue weighted by atomic mass is 16.5. The molecule has 0 atom stereocenters. The second-order valence-corrected chi connectivity index (χ2v) is 5.02. The summed E-state index contributed by atoms with van der Waals surface area (Å²) in [7, 11) is 1.45. The third-order valence-electron chi connectivity index (χ3n) is 3.29. The third-order valence-corrected chi connectivity index (χ3v) is 3.29. The number of amides is 2. The molecule has 0 fully saturated rings. The van der Waals surface area contributed by atoms with Crippen molar-refractivity contribution in [2.75, 3.05) is 31.9 Å². The summed E-state index contributed by atoms with van der Waals surface area (Å²) in [5, 5.41) is 2.32. The molecule has 0 spiro atoms. The van der Waals surface area contributed by atoms with Crippen LogP contribution in [0.5, 0.6) is 0 Å². The van der Waals surface area contributed by atoms with Crippen LogP contribution in [-0.4, -0.2) is 49.7 Å². The number of carbonyl (C=O) groups excluding carboxylic acids is 3. The van der Waals surface area contributed by atoms with Crippen molar-refractivity contribution in [1.82, 2.24) is 5.01 Å². The van der Waals surface area contributed by atoms with E-state index < -0.39 is 11.9 Å². The summed E-state index contributed by atoms with van der Waals surface area (Å²) in [5.41, 5.74) is 0.491. The molecule has 0 aromatic heterocycles. The summed E-state index contributed by atoms with van der Waals surface area (Å²) in [6.07, 6.45) is 1.68. The first-order valence-electron chi connectivity index (χ1n) is 8.02. The van der Waals surface area contributed by atoms with Gasteiger partial charge in [0.25, 0.3) is 5.91 Å². The van der Waals surface area contributed by atoms with Gasteiger partial charge in [0, 0.05) is 13.5 Å². The van der Waals surface area contributed by atoms with Crippen LogP contribution in [0, 0.1) is 0 Å². The zero-order chi connectivity index (χ0) is 18.8. The Kier molecular flexibility index (Phi) is 8.35. The highest BCUT2D eigenvalue weighted by Crippen LogP contribution is 2.23. The Morgan fingerprint density at radius 2 is 1.84 bits per heavy atom. The molecule has 0 N–H and O–H groups in total. The first kappa shape index (κ1) is 20.4. The fourth-order valence-electron chi connectivity index (χ4n) is 2.09. The van der Waals surface area contributed by atoms with E-state index in [1.54, 1.807) is 38.1 Å². The number of carbonyl (C=O) groups is 3. The minimum absolute atomic E-state index is 0.155. The van der Waals surface area contributed by atoms with Crippen molar-refractivity contribution in [2.45, 2.75) is 20.3 Å². The number of likely N-dealkylation sites (N-methyl/N-ethyl adjacent to an activating group) is 1. The highest BCUT2D eigenvalue weighted by Gasteiger charge is 2.27. The molecule has 0 aliphatic heterocycles. The van der Waals surface area contributed by atoms with Gasteiger partial charge in [-0.05, 0) is 19.1 Å². The van der Waals surface area contributed by atoms with Crippen molar-refractivity contribution in [3.05, 3.63) is 42.5 Å². The average Bonchev–Trinajstić information content (AvgIpc) is 2.62. The van der Waals surface area contributed by atoms with E-state index in [1.807, 2.05) is 0 Å². The Hall–Kier alpha value is -2.67. The van der Waals surface area contributed by atoms with Crippen molar-refractivity contribution in [1.29, 1.82) is 0 Å². The minimum atomic E-state index is -0.559. The normalized spacial score (nSPS) is 10.0. The summed E-state index contributed by atoms with van der Waals surface area (Å²) in [6, 6.07) is 6.49. The molecule has 0 aliphatic carbocycles. The largest absolute Gasteiger partial charge is 0.462 e. The van der Waals surface area contributed by atoms with E-state index in [9.17, 15) is 14.4 Å². The number of rotatable bonds is 8. The number of hydrogen-bond acceptors (Lipinski definition) is 5. The van der Waals surface area contributed by atoms with E-state index in [4.69, 9.17) is 9.47 Å². The Morgan fingerprint density at radius 1 is 1.16 bits per heavy atom. The maximum atomic E-state index is 12.4. The Bertz CT molecular complexity index is 630. The van der Waals surface area contributed by atoms with Crippen LogP contribution in [0.25, 0.3) is 0 Å². The van der Waals surface area contributed by atoms with Gasteiger partial charge in [0.1, 0.15) is 6.61 Å². The monoisotopic (exact) mass is 348 g/mol. The van der Waals surface area contributed by atoms with Gasteiger partial charge in [0.2, 0.25) is 5.91 Å². The first-order valence-corrected chi connectivity index (χ1v) is 8.02. The maximum absolute atomic E-state index is 12.4. The van der Waals surface area contributed by atoms with Crippen molar-refractivity contribution in [2.24, 2.45) is 0 Å². The quantitative estimate of drug-likeness (QED) is 0.311. The Labute approximate surface area is 147 Å². The summed E-state index contributed by atoms with van der Waals surface area (Å²) in [5.74, 6) is -1.32. The topological polar surface area (TPSA) is 76.2 Å². The van der Waals surface area contributed by atoms with E-state index >= 15 is 0 Å². The van der Waals surface area contributed by atoms with Crippen molar-refractivity contribution in [3.8, 4) is 0 Å². The van der Waals surface area contributed by atoms with Crippen LogP contribution in [0.2, 0.25) is 0 Å². The molecule has 2 amide bonds. The minimum Gasteiger partial charge on any atom is -0.462 e. The summed E-state index contributed by atoms with van der Waals surface area (Å²) >= 11 is 0. The van der Waals surface area contributed by atoms with Crippen LogP contribution in [-0.2, 0) is 19.1 Å². The average molecular weight is 348 g/mol. The van der Waals surface area contributed by atoms with Gasteiger partial charge in [-0.25, -0.2) is 14.8 Å². The molecule has 0 saturated heterocycles. The van der Waals surface area contributed by atoms with Crippen LogP contribution in [0.4, 0.5) is 5.69 Å². The lowest BCUT2D eigenvalue weighted by atomic mass is 10.1. The molecular weight excluding hydrogens is 324 g/mol. The Balaban J connectivity index is 3.19. The van der Waals surface area contributed by atoms with Gasteiger partial charge >= 0.3 is 5.97 Å². The van der Waals surface area contributed by atoms with E-state index in [1.165, 1.54) is 18.1 Å². The number of nitrogens with zero attached hydrogens (tertiary/aromatic N) is 2. The maximum Gasteiger partial charge on any atom is 0.340 e. The van der Waals surface area contributed by atoms with E-state index in [0.29, 0.717) is 0 Å². The molecule has 0 heterocycles. The summed E-state index contributed by atoms with van der Waals surface area (Å²) < 4.78 is 10.2. The Morgan fingerprint density at radius 3 is 2.44 bits per heavy atom. The number of para-hydroxylation sites is 1. The van der Waals surface area contributed by atoms with Crippen LogP contribution in [0.3, 0.4) is 0 Å². The lowest BCUT2D eigenvalue weighted by Gasteiger charge is -2.32. The number of benzene rings is 1. The fourth-order valence-corrected chi connectivity index (χ4v) is 2.09. The van der Waals surface area contributed by atoms with Gasteiger partial charge in [-0.3, -0.25) is 9.59 Å².